The lowest BCUT2D eigenvalue weighted by Gasteiger charge is -2.44. The predicted molar refractivity (Wildman–Crippen MR) is 124 cm³/mol. The van der Waals surface area contributed by atoms with Gasteiger partial charge in [-0.25, -0.2) is 4.39 Å². The number of halogens is 1. The van der Waals surface area contributed by atoms with E-state index in [0.29, 0.717) is 13.1 Å². The summed E-state index contributed by atoms with van der Waals surface area (Å²) in [5, 5.41) is 0.966. The normalized spacial score (nSPS) is 26.7. The Morgan fingerprint density at radius 3 is 2.85 bits per heavy atom. The van der Waals surface area contributed by atoms with Gasteiger partial charge in [-0.2, -0.15) is 0 Å². The average Bonchev–Trinajstić information content (AvgIpc) is 3.47. The molecule has 170 valence electrons. The van der Waals surface area contributed by atoms with Gasteiger partial charge in [0.05, 0.1) is 11.0 Å². The van der Waals surface area contributed by atoms with Gasteiger partial charge in [0.25, 0.3) is 5.91 Å². The first-order valence-electron chi connectivity index (χ1n) is 11.9. The maximum atomic E-state index is 13.8. The van der Waals surface area contributed by atoms with E-state index in [9.17, 15) is 14.0 Å². The highest BCUT2D eigenvalue weighted by Crippen LogP contribution is 2.55. The molecule has 3 saturated heterocycles. The van der Waals surface area contributed by atoms with Crippen molar-refractivity contribution in [1.82, 2.24) is 14.4 Å². The summed E-state index contributed by atoms with van der Waals surface area (Å²) in [7, 11) is 1.97. The lowest BCUT2D eigenvalue weighted by Crippen LogP contribution is -2.54. The van der Waals surface area contributed by atoms with Crippen LogP contribution in [-0.4, -0.2) is 44.8 Å². The van der Waals surface area contributed by atoms with Gasteiger partial charge in [0.15, 0.2) is 0 Å². The van der Waals surface area contributed by atoms with Crippen molar-refractivity contribution >= 4 is 22.7 Å². The van der Waals surface area contributed by atoms with Gasteiger partial charge in [0, 0.05) is 49.3 Å². The zero-order valence-electron chi connectivity index (χ0n) is 18.8. The van der Waals surface area contributed by atoms with Crippen LogP contribution in [-0.2, 0) is 18.4 Å². The van der Waals surface area contributed by atoms with E-state index in [1.165, 1.54) is 12.1 Å². The molecule has 0 saturated carbocycles. The molecule has 2 aromatic carbocycles. The fourth-order valence-corrected chi connectivity index (χ4v) is 6.75. The van der Waals surface area contributed by atoms with Gasteiger partial charge in [-0.1, -0.05) is 30.3 Å². The Hall–Kier alpha value is -3.15. The third kappa shape index (κ3) is 3.03. The summed E-state index contributed by atoms with van der Waals surface area (Å²) in [6, 6.07) is 14.5. The van der Waals surface area contributed by atoms with Crippen molar-refractivity contribution in [3.63, 3.8) is 0 Å². The molecular formula is C27H28FN3O2. The molecule has 1 spiro atoms. The number of hydrogen-bond donors (Lipinski definition) is 0. The number of hydrogen-bond acceptors (Lipinski definition) is 2. The minimum Gasteiger partial charge on any atom is -0.350 e. The Kier molecular flexibility index (Phi) is 4.61. The molecule has 6 rings (SSSR count). The van der Waals surface area contributed by atoms with Crippen molar-refractivity contribution < 1.29 is 14.0 Å². The fourth-order valence-electron chi connectivity index (χ4n) is 6.75. The summed E-state index contributed by atoms with van der Waals surface area (Å²) >= 11 is 0. The first-order chi connectivity index (χ1) is 16.0. The van der Waals surface area contributed by atoms with Crippen LogP contribution in [0.4, 0.5) is 4.39 Å². The summed E-state index contributed by atoms with van der Waals surface area (Å²) in [5.41, 5.74) is 2.07. The van der Waals surface area contributed by atoms with Gasteiger partial charge in [0.2, 0.25) is 5.91 Å². The van der Waals surface area contributed by atoms with E-state index in [1.807, 2.05) is 57.9 Å². The van der Waals surface area contributed by atoms with E-state index in [2.05, 4.69) is 0 Å². The minimum atomic E-state index is -0.505. The third-order valence-corrected chi connectivity index (χ3v) is 8.13. The summed E-state index contributed by atoms with van der Waals surface area (Å²) in [5.74, 6) is -0.0920. The minimum absolute atomic E-state index is 0.0474. The van der Waals surface area contributed by atoms with Crippen LogP contribution in [0.25, 0.3) is 10.9 Å². The second-order valence-electron chi connectivity index (χ2n) is 9.95. The lowest BCUT2D eigenvalue weighted by atomic mass is 9.68. The molecule has 2 bridgehead atoms. The third-order valence-electron chi connectivity index (χ3n) is 8.13. The lowest BCUT2D eigenvalue weighted by molar-refractivity contribution is -0.149. The number of carbonyl (C=O) groups is 2. The monoisotopic (exact) mass is 445 g/mol. The molecule has 33 heavy (non-hydrogen) atoms. The van der Waals surface area contributed by atoms with Crippen molar-refractivity contribution in [3.05, 3.63) is 71.7 Å². The summed E-state index contributed by atoms with van der Waals surface area (Å²) in [6.07, 6.45) is 6.25. The number of piperidine rings is 1. The van der Waals surface area contributed by atoms with E-state index in [0.717, 1.165) is 54.1 Å². The van der Waals surface area contributed by atoms with Gasteiger partial charge >= 0.3 is 0 Å². The van der Waals surface area contributed by atoms with Gasteiger partial charge in [-0.3, -0.25) is 9.59 Å². The number of para-hydroxylation sites is 1. The number of aromatic nitrogens is 1. The highest BCUT2D eigenvalue weighted by atomic mass is 19.1. The molecular weight excluding hydrogens is 417 g/mol. The Morgan fingerprint density at radius 1 is 1.15 bits per heavy atom. The molecule has 2 amide bonds. The van der Waals surface area contributed by atoms with Crippen LogP contribution >= 0.6 is 0 Å². The van der Waals surface area contributed by atoms with E-state index in [-0.39, 0.29) is 29.7 Å². The van der Waals surface area contributed by atoms with Crippen LogP contribution in [0.2, 0.25) is 0 Å². The Balaban J connectivity index is 1.30. The van der Waals surface area contributed by atoms with Crippen LogP contribution < -0.4 is 0 Å². The van der Waals surface area contributed by atoms with Crippen molar-refractivity contribution in [3.8, 4) is 0 Å². The number of rotatable bonds is 3. The molecule has 1 aromatic heterocycles. The molecule has 0 radical (unpaired) electrons. The van der Waals surface area contributed by atoms with Gasteiger partial charge < -0.3 is 14.4 Å². The number of likely N-dealkylation sites (tertiary alicyclic amines) is 1. The number of fused-ring (bicyclic) bond motifs is 4. The second-order valence-corrected chi connectivity index (χ2v) is 9.95. The SMILES string of the molecule is Cn1cc(C(=O)N2C3CCC2[C@]2(CCCN(Cc4cccc(F)c4)C2=O)C3)c2ccccc21. The molecule has 0 aliphatic carbocycles. The van der Waals surface area contributed by atoms with Crippen molar-refractivity contribution in [2.24, 2.45) is 12.5 Å². The number of amides is 2. The summed E-state index contributed by atoms with van der Waals surface area (Å²) in [4.78, 5) is 31.6. The summed E-state index contributed by atoms with van der Waals surface area (Å²) < 4.78 is 15.7. The molecule has 4 heterocycles. The Morgan fingerprint density at radius 2 is 2.00 bits per heavy atom. The van der Waals surface area contributed by atoms with Crippen molar-refractivity contribution in [1.29, 1.82) is 0 Å². The highest BCUT2D eigenvalue weighted by molar-refractivity contribution is 6.07. The largest absolute Gasteiger partial charge is 0.350 e. The maximum absolute atomic E-state index is 13.8. The molecule has 3 atom stereocenters. The van der Waals surface area contributed by atoms with E-state index < -0.39 is 5.41 Å². The van der Waals surface area contributed by atoms with Crippen molar-refractivity contribution in [2.45, 2.75) is 50.7 Å². The predicted octanol–water partition coefficient (Wildman–Crippen LogP) is 4.50. The average molecular weight is 446 g/mol. The van der Waals surface area contributed by atoms with Gasteiger partial charge in [0.1, 0.15) is 5.82 Å². The van der Waals surface area contributed by atoms with Crippen LogP contribution in [0, 0.1) is 11.2 Å². The Labute approximate surface area is 192 Å². The van der Waals surface area contributed by atoms with Crippen LogP contribution in [0.3, 0.4) is 0 Å². The van der Waals surface area contributed by atoms with E-state index >= 15 is 0 Å². The smallest absolute Gasteiger partial charge is 0.256 e. The zero-order valence-corrected chi connectivity index (χ0v) is 18.8. The first-order valence-corrected chi connectivity index (χ1v) is 11.9. The van der Waals surface area contributed by atoms with Crippen LogP contribution in [0.5, 0.6) is 0 Å². The second kappa shape index (κ2) is 7.44. The zero-order chi connectivity index (χ0) is 22.7. The number of benzene rings is 2. The molecule has 3 aliphatic heterocycles. The molecule has 5 nitrogen and oxygen atoms in total. The molecule has 6 heteroatoms. The maximum Gasteiger partial charge on any atom is 0.256 e. The summed E-state index contributed by atoms with van der Waals surface area (Å²) in [6.45, 7) is 1.11. The topological polar surface area (TPSA) is 45.6 Å². The number of aryl methyl sites for hydroxylation is 1. The van der Waals surface area contributed by atoms with Gasteiger partial charge in [-0.15, -0.1) is 0 Å². The number of nitrogens with zero attached hydrogens (tertiary/aromatic N) is 3. The Bertz CT molecular complexity index is 1270. The van der Waals surface area contributed by atoms with E-state index in [4.69, 9.17) is 0 Å². The first kappa shape index (κ1) is 20.5. The van der Waals surface area contributed by atoms with Gasteiger partial charge in [-0.05, 0) is 55.9 Å². The molecule has 3 aromatic rings. The molecule has 3 aliphatic rings. The molecule has 3 fully saturated rings. The van der Waals surface area contributed by atoms with Crippen LogP contribution in [0.15, 0.2) is 54.7 Å². The molecule has 2 unspecified atom stereocenters. The quantitative estimate of drug-likeness (QED) is 0.596. The van der Waals surface area contributed by atoms with Crippen LogP contribution in [0.1, 0.15) is 48.0 Å². The molecule has 0 N–H and O–H groups in total. The van der Waals surface area contributed by atoms with Crippen molar-refractivity contribution in [2.75, 3.05) is 6.54 Å². The highest BCUT2D eigenvalue weighted by Gasteiger charge is 2.62. The number of carbonyl (C=O) groups excluding carboxylic acids is 2. The fraction of sp³-hybridized carbons (Fsp3) is 0.407. The van der Waals surface area contributed by atoms with E-state index in [1.54, 1.807) is 6.07 Å². The standard InChI is InChI=1S/C27H28FN3O2/c1-29-17-22(21-8-2-3-9-23(21)29)25(32)31-20-10-11-24(31)27(15-20)12-5-13-30(26(27)33)16-18-6-4-7-19(28)14-18/h2-4,6-9,14,17,20,24H,5,10-13,15-16H2,1H3/t20?,24?,27-/m0/s1.